The first-order chi connectivity index (χ1) is 6.48. The Morgan fingerprint density at radius 1 is 1.57 bits per heavy atom. The molecule has 0 radical (unpaired) electrons. The van der Waals surface area contributed by atoms with Crippen LogP contribution in [0.4, 0.5) is 6.01 Å². The number of alkyl halides is 1. The SMILES string of the molecule is CC(Cl)c1nnc(N2CC(C)(O)C2)o1. The molecule has 1 aliphatic rings. The Morgan fingerprint density at radius 2 is 2.21 bits per heavy atom. The number of rotatable bonds is 2. The summed E-state index contributed by atoms with van der Waals surface area (Å²) in [5, 5.41) is 16.9. The van der Waals surface area contributed by atoms with Crippen LogP contribution in [0.15, 0.2) is 4.42 Å². The van der Waals surface area contributed by atoms with Gasteiger partial charge < -0.3 is 14.4 Å². The molecule has 2 heterocycles. The standard InChI is InChI=1S/C8H12ClN3O2/c1-5(9)6-10-11-7(14-6)12-3-8(2,13)4-12/h5,13H,3-4H2,1-2H3. The number of hydrogen-bond donors (Lipinski definition) is 1. The van der Waals surface area contributed by atoms with Crippen LogP contribution >= 0.6 is 11.6 Å². The summed E-state index contributed by atoms with van der Waals surface area (Å²) in [5.74, 6) is 0.410. The van der Waals surface area contributed by atoms with Crippen molar-refractivity contribution in [2.75, 3.05) is 18.0 Å². The Morgan fingerprint density at radius 3 is 2.64 bits per heavy atom. The first-order valence-corrected chi connectivity index (χ1v) is 4.86. The highest BCUT2D eigenvalue weighted by molar-refractivity contribution is 6.20. The van der Waals surface area contributed by atoms with Gasteiger partial charge in [0.2, 0.25) is 5.89 Å². The number of anilines is 1. The maximum Gasteiger partial charge on any atom is 0.318 e. The van der Waals surface area contributed by atoms with E-state index in [1.165, 1.54) is 0 Å². The van der Waals surface area contributed by atoms with Crippen molar-refractivity contribution in [2.24, 2.45) is 0 Å². The monoisotopic (exact) mass is 217 g/mol. The minimum atomic E-state index is -0.638. The molecule has 0 aliphatic carbocycles. The Hall–Kier alpha value is -0.810. The second-order valence-corrected chi connectivity index (χ2v) is 4.55. The fraction of sp³-hybridized carbons (Fsp3) is 0.750. The van der Waals surface area contributed by atoms with Gasteiger partial charge >= 0.3 is 6.01 Å². The highest BCUT2D eigenvalue weighted by atomic mass is 35.5. The fourth-order valence-electron chi connectivity index (χ4n) is 1.43. The molecule has 1 atom stereocenters. The van der Waals surface area contributed by atoms with Crippen LogP contribution in [0.5, 0.6) is 0 Å². The van der Waals surface area contributed by atoms with Crippen molar-refractivity contribution in [1.82, 2.24) is 10.2 Å². The quantitative estimate of drug-likeness (QED) is 0.747. The predicted octanol–water partition coefficient (Wildman–Crippen LogP) is 0.940. The molecule has 1 aliphatic heterocycles. The molecule has 78 valence electrons. The number of β-amino-alcohol motifs (C(OH)–C–C–N with tert-alkyl or cyclic N) is 1. The van der Waals surface area contributed by atoms with Crippen molar-refractivity contribution in [1.29, 1.82) is 0 Å². The third kappa shape index (κ3) is 1.69. The van der Waals surface area contributed by atoms with Gasteiger partial charge in [-0.2, -0.15) is 0 Å². The van der Waals surface area contributed by atoms with Crippen molar-refractivity contribution in [3.8, 4) is 0 Å². The lowest BCUT2D eigenvalue weighted by Crippen LogP contribution is -2.60. The van der Waals surface area contributed by atoms with E-state index in [1.807, 2.05) is 4.90 Å². The van der Waals surface area contributed by atoms with Crippen LogP contribution < -0.4 is 4.90 Å². The number of halogens is 1. The van der Waals surface area contributed by atoms with Gasteiger partial charge in [0, 0.05) is 0 Å². The van der Waals surface area contributed by atoms with E-state index in [1.54, 1.807) is 13.8 Å². The largest absolute Gasteiger partial charge is 0.406 e. The maximum atomic E-state index is 9.50. The van der Waals surface area contributed by atoms with E-state index in [2.05, 4.69) is 10.2 Å². The zero-order chi connectivity index (χ0) is 10.3. The number of hydrogen-bond acceptors (Lipinski definition) is 5. The second kappa shape index (κ2) is 3.10. The summed E-state index contributed by atoms with van der Waals surface area (Å²) < 4.78 is 5.30. The molecule has 2 rings (SSSR count). The molecule has 1 saturated heterocycles. The van der Waals surface area contributed by atoms with Crippen LogP contribution in [0.3, 0.4) is 0 Å². The molecule has 5 nitrogen and oxygen atoms in total. The zero-order valence-electron chi connectivity index (χ0n) is 8.07. The molecule has 0 saturated carbocycles. The first kappa shape index (κ1) is 9.73. The predicted molar refractivity (Wildman–Crippen MR) is 51.4 cm³/mol. The minimum absolute atomic E-state index is 0.280. The van der Waals surface area contributed by atoms with Gasteiger partial charge in [0.15, 0.2) is 0 Å². The van der Waals surface area contributed by atoms with Gasteiger partial charge in [-0.25, -0.2) is 0 Å². The van der Waals surface area contributed by atoms with E-state index in [9.17, 15) is 5.11 Å². The topological polar surface area (TPSA) is 62.4 Å². The summed E-state index contributed by atoms with van der Waals surface area (Å²) in [6.07, 6.45) is 0. The number of nitrogens with zero attached hydrogens (tertiary/aromatic N) is 3. The number of aromatic nitrogens is 2. The lowest BCUT2D eigenvalue weighted by molar-refractivity contribution is 0.0277. The van der Waals surface area contributed by atoms with Crippen LogP contribution in [0.1, 0.15) is 25.1 Å². The minimum Gasteiger partial charge on any atom is -0.406 e. The van der Waals surface area contributed by atoms with Gasteiger partial charge in [0.05, 0.1) is 18.7 Å². The van der Waals surface area contributed by atoms with Gasteiger partial charge in [-0.1, -0.05) is 5.10 Å². The average molecular weight is 218 g/mol. The summed E-state index contributed by atoms with van der Waals surface area (Å²) in [6, 6.07) is 0.430. The summed E-state index contributed by atoms with van der Waals surface area (Å²) in [7, 11) is 0. The van der Waals surface area contributed by atoms with Crippen LogP contribution in [0.25, 0.3) is 0 Å². The molecule has 0 bridgehead atoms. The molecule has 1 fully saturated rings. The van der Waals surface area contributed by atoms with Crippen LogP contribution in [-0.4, -0.2) is 34.0 Å². The second-order valence-electron chi connectivity index (χ2n) is 3.89. The van der Waals surface area contributed by atoms with Crippen molar-refractivity contribution >= 4 is 17.6 Å². The molecule has 6 heteroatoms. The van der Waals surface area contributed by atoms with Crippen molar-refractivity contribution in [2.45, 2.75) is 24.8 Å². The van der Waals surface area contributed by atoms with Crippen molar-refractivity contribution in [3.05, 3.63) is 5.89 Å². The molecule has 14 heavy (non-hydrogen) atoms. The van der Waals surface area contributed by atoms with Gasteiger partial charge in [0.25, 0.3) is 0 Å². The third-order valence-electron chi connectivity index (χ3n) is 2.10. The summed E-state index contributed by atoms with van der Waals surface area (Å²) >= 11 is 5.77. The molecular weight excluding hydrogens is 206 g/mol. The highest BCUT2D eigenvalue weighted by Gasteiger charge is 2.39. The van der Waals surface area contributed by atoms with E-state index in [4.69, 9.17) is 16.0 Å². The molecule has 0 aromatic carbocycles. The Balaban J connectivity index is 2.05. The highest BCUT2D eigenvalue weighted by Crippen LogP contribution is 2.28. The van der Waals surface area contributed by atoms with Crippen LogP contribution in [0.2, 0.25) is 0 Å². The summed E-state index contributed by atoms with van der Waals surface area (Å²) in [5.41, 5.74) is -0.638. The van der Waals surface area contributed by atoms with E-state index in [0.717, 1.165) is 0 Å². The molecule has 1 aromatic rings. The van der Waals surface area contributed by atoms with E-state index >= 15 is 0 Å². The van der Waals surface area contributed by atoms with E-state index < -0.39 is 5.60 Å². The third-order valence-corrected chi connectivity index (χ3v) is 2.29. The smallest absolute Gasteiger partial charge is 0.318 e. The van der Waals surface area contributed by atoms with Crippen LogP contribution in [-0.2, 0) is 0 Å². The lowest BCUT2D eigenvalue weighted by Gasteiger charge is -2.42. The molecule has 1 aromatic heterocycles. The normalized spacial score (nSPS) is 21.9. The Kier molecular flexibility index (Phi) is 2.16. The fourth-order valence-corrected chi connectivity index (χ4v) is 1.51. The van der Waals surface area contributed by atoms with Gasteiger partial charge in [-0.15, -0.1) is 16.7 Å². The van der Waals surface area contributed by atoms with Crippen LogP contribution in [0, 0.1) is 0 Å². The summed E-state index contributed by atoms with van der Waals surface area (Å²) in [4.78, 5) is 1.82. The Bertz CT molecular complexity index is 329. The first-order valence-electron chi connectivity index (χ1n) is 4.43. The molecule has 1 unspecified atom stereocenters. The molecule has 1 N–H and O–H groups in total. The molecule has 0 amide bonds. The average Bonchev–Trinajstić information content (AvgIpc) is 2.47. The van der Waals surface area contributed by atoms with Gasteiger partial charge in [0.1, 0.15) is 5.38 Å². The van der Waals surface area contributed by atoms with Gasteiger partial charge in [-0.05, 0) is 13.8 Å². The number of aliphatic hydroxyl groups is 1. The lowest BCUT2D eigenvalue weighted by atomic mass is 9.98. The maximum absolute atomic E-state index is 9.50. The Labute approximate surface area is 86.7 Å². The van der Waals surface area contributed by atoms with E-state index in [-0.39, 0.29) is 5.38 Å². The van der Waals surface area contributed by atoms with Gasteiger partial charge in [-0.3, -0.25) is 0 Å². The molecule has 0 spiro atoms. The molecular formula is C8H12ClN3O2. The van der Waals surface area contributed by atoms with E-state index in [0.29, 0.717) is 25.0 Å². The van der Waals surface area contributed by atoms with Crippen molar-refractivity contribution < 1.29 is 9.52 Å². The zero-order valence-corrected chi connectivity index (χ0v) is 8.82. The summed E-state index contributed by atoms with van der Waals surface area (Å²) in [6.45, 7) is 4.58. The van der Waals surface area contributed by atoms with Crippen molar-refractivity contribution in [3.63, 3.8) is 0 Å².